The number of para-hydroxylation sites is 1. The number of nitrogens with one attached hydrogen (secondary N) is 1. The van der Waals surface area contributed by atoms with Gasteiger partial charge in [0.15, 0.2) is 0 Å². The molecule has 1 unspecified atom stereocenters. The molecule has 0 aliphatic heterocycles. The molecule has 1 aromatic carbocycles. The summed E-state index contributed by atoms with van der Waals surface area (Å²) in [4.78, 5) is 0. The molecule has 1 atom stereocenters. The van der Waals surface area contributed by atoms with Gasteiger partial charge in [-0.1, -0.05) is 18.2 Å². The number of hydrogen-bond acceptors (Lipinski definition) is 3. The monoisotopic (exact) mass is 249 g/mol. The lowest BCUT2D eigenvalue weighted by Crippen LogP contribution is -2.37. The summed E-state index contributed by atoms with van der Waals surface area (Å²) in [5, 5.41) is 13.3. The van der Waals surface area contributed by atoms with Gasteiger partial charge in [0.25, 0.3) is 0 Å². The van der Waals surface area contributed by atoms with Gasteiger partial charge >= 0.3 is 0 Å². The Bertz CT molecular complexity index is 393. The predicted octanol–water partition coefficient (Wildman–Crippen LogP) is 2.19. The van der Waals surface area contributed by atoms with Crippen molar-refractivity contribution in [3.8, 4) is 5.75 Å². The highest BCUT2D eigenvalue weighted by molar-refractivity contribution is 5.39. The lowest BCUT2D eigenvalue weighted by atomic mass is 10.1. The van der Waals surface area contributed by atoms with Crippen LogP contribution in [0.4, 0.5) is 0 Å². The SMILES string of the molecule is Cc1cccc(C)c1OCC(O)CNC1(C)CC1. The van der Waals surface area contributed by atoms with E-state index in [2.05, 4.69) is 12.2 Å². The van der Waals surface area contributed by atoms with Gasteiger partial charge in [-0.15, -0.1) is 0 Å². The average molecular weight is 249 g/mol. The first-order valence-corrected chi connectivity index (χ1v) is 6.62. The van der Waals surface area contributed by atoms with Crippen molar-refractivity contribution in [3.05, 3.63) is 29.3 Å². The fourth-order valence-electron chi connectivity index (χ4n) is 1.99. The van der Waals surface area contributed by atoms with Crippen LogP contribution in [0, 0.1) is 13.8 Å². The number of β-amino-alcohol motifs (C(OH)–C–C–N with tert-alkyl or cyclic N) is 1. The van der Waals surface area contributed by atoms with Gasteiger partial charge in [-0.05, 0) is 44.7 Å². The summed E-state index contributed by atoms with van der Waals surface area (Å²) in [5.41, 5.74) is 2.49. The standard InChI is InChI=1S/C15H23NO2/c1-11-5-4-6-12(2)14(11)18-10-13(17)9-16-15(3)7-8-15/h4-6,13,16-17H,7-10H2,1-3H3. The highest BCUT2D eigenvalue weighted by Gasteiger charge is 2.36. The number of aliphatic hydroxyl groups excluding tert-OH is 1. The van der Waals surface area contributed by atoms with Gasteiger partial charge in [0.05, 0.1) is 0 Å². The second kappa shape index (κ2) is 5.29. The van der Waals surface area contributed by atoms with Crippen molar-refractivity contribution in [2.75, 3.05) is 13.2 Å². The molecule has 2 N–H and O–H groups in total. The molecule has 1 aliphatic carbocycles. The molecular formula is C15H23NO2. The molecule has 0 bridgehead atoms. The molecule has 3 nitrogen and oxygen atoms in total. The summed E-state index contributed by atoms with van der Waals surface area (Å²) in [6, 6.07) is 6.07. The highest BCUT2D eigenvalue weighted by atomic mass is 16.5. The predicted molar refractivity (Wildman–Crippen MR) is 73.1 cm³/mol. The Morgan fingerprint density at radius 2 is 1.94 bits per heavy atom. The molecule has 0 aromatic heterocycles. The molecule has 100 valence electrons. The molecule has 0 amide bonds. The second-order valence-corrected chi connectivity index (χ2v) is 5.63. The minimum absolute atomic E-state index is 0.263. The third-order valence-electron chi connectivity index (χ3n) is 3.59. The van der Waals surface area contributed by atoms with Crippen molar-refractivity contribution in [2.45, 2.75) is 45.3 Å². The van der Waals surface area contributed by atoms with Crippen molar-refractivity contribution in [2.24, 2.45) is 0 Å². The first kappa shape index (κ1) is 13.4. The maximum atomic E-state index is 9.90. The summed E-state index contributed by atoms with van der Waals surface area (Å²) in [6.07, 6.45) is 1.95. The van der Waals surface area contributed by atoms with E-state index in [4.69, 9.17) is 4.74 Å². The van der Waals surface area contributed by atoms with Crippen LogP contribution in [0.5, 0.6) is 5.75 Å². The lowest BCUT2D eigenvalue weighted by molar-refractivity contribution is 0.102. The summed E-state index contributed by atoms with van der Waals surface area (Å²) in [7, 11) is 0. The van der Waals surface area contributed by atoms with Gasteiger partial charge in [0, 0.05) is 12.1 Å². The van der Waals surface area contributed by atoms with Crippen LogP contribution >= 0.6 is 0 Å². The molecule has 1 fully saturated rings. The van der Waals surface area contributed by atoms with Crippen LogP contribution in [0.25, 0.3) is 0 Å². The first-order valence-electron chi connectivity index (χ1n) is 6.62. The average Bonchev–Trinajstić information content (AvgIpc) is 3.05. The third kappa shape index (κ3) is 3.47. The maximum Gasteiger partial charge on any atom is 0.125 e. The minimum Gasteiger partial charge on any atom is -0.490 e. The van der Waals surface area contributed by atoms with Gasteiger partial charge in [0.1, 0.15) is 18.5 Å². The van der Waals surface area contributed by atoms with E-state index >= 15 is 0 Å². The zero-order valence-electron chi connectivity index (χ0n) is 11.5. The zero-order valence-corrected chi connectivity index (χ0v) is 11.5. The van der Waals surface area contributed by atoms with E-state index in [0.717, 1.165) is 16.9 Å². The molecule has 1 saturated carbocycles. The van der Waals surface area contributed by atoms with Crippen LogP contribution in [-0.4, -0.2) is 29.9 Å². The molecule has 0 spiro atoms. The normalized spacial score (nSPS) is 18.4. The van der Waals surface area contributed by atoms with Crippen molar-refractivity contribution < 1.29 is 9.84 Å². The van der Waals surface area contributed by atoms with E-state index in [1.54, 1.807) is 0 Å². The largest absolute Gasteiger partial charge is 0.490 e. The number of benzene rings is 1. The van der Waals surface area contributed by atoms with Gasteiger partial charge < -0.3 is 15.2 Å². The smallest absolute Gasteiger partial charge is 0.125 e. The van der Waals surface area contributed by atoms with Crippen molar-refractivity contribution in [1.82, 2.24) is 5.32 Å². The molecular weight excluding hydrogens is 226 g/mol. The molecule has 0 heterocycles. The van der Waals surface area contributed by atoms with Crippen LogP contribution in [0.1, 0.15) is 30.9 Å². The van der Waals surface area contributed by atoms with E-state index < -0.39 is 6.10 Å². The Hall–Kier alpha value is -1.06. The van der Waals surface area contributed by atoms with Gasteiger partial charge in [0.2, 0.25) is 0 Å². The topological polar surface area (TPSA) is 41.5 Å². The Labute approximate surface area is 109 Å². The quantitative estimate of drug-likeness (QED) is 0.812. The van der Waals surface area contributed by atoms with Gasteiger partial charge in [-0.2, -0.15) is 0 Å². The number of aliphatic hydroxyl groups is 1. The fourth-order valence-corrected chi connectivity index (χ4v) is 1.99. The van der Waals surface area contributed by atoms with E-state index in [-0.39, 0.29) is 5.54 Å². The molecule has 1 aromatic rings. The fraction of sp³-hybridized carbons (Fsp3) is 0.600. The van der Waals surface area contributed by atoms with Crippen molar-refractivity contribution in [1.29, 1.82) is 0 Å². The van der Waals surface area contributed by atoms with Gasteiger partial charge in [-0.3, -0.25) is 0 Å². The first-order chi connectivity index (χ1) is 8.50. The summed E-state index contributed by atoms with van der Waals surface area (Å²) >= 11 is 0. The Morgan fingerprint density at radius 1 is 1.33 bits per heavy atom. The van der Waals surface area contributed by atoms with Crippen LogP contribution < -0.4 is 10.1 Å². The number of ether oxygens (including phenoxy) is 1. The maximum absolute atomic E-state index is 9.90. The van der Waals surface area contributed by atoms with E-state index in [1.165, 1.54) is 12.8 Å². The molecule has 1 aliphatic rings. The van der Waals surface area contributed by atoms with Crippen LogP contribution in [0.2, 0.25) is 0 Å². The third-order valence-corrected chi connectivity index (χ3v) is 3.59. The van der Waals surface area contributed by atoms with Crippen molar-refractivity contribution >= 4 is 0 Å². The molecule has 3 heteroatoms. The summed E-state index contributed by atoms with van der Waals surface area (Å²) in [6.45, 7) is 7.18. The number of rotatable bonds is 6. The highest BCUT2D eigenvalue weighted by Crippen LogP contribution is 2.34. The summed E-state index contributed by atoms with van der Waals surface area (Å²) < 4.78 is 5.72. The molecule has 2 rings (SSSR count). The van der Waals surface area contributed by atoms with E-state index in [9.17, 15) is 5.11 Å². The van der Waals surface area contributed by atoms with Crippen LogP contribution in [0.3, 0.4) is 0 Å². The zero-order chi connectivity index (χ0) is 13.2. The van der Waals surface area contributed by atoms with Crippen molar-refractivity contribution in [3.63, 3.8) is 0 Å². The number of aryl methyl sites for hydroxylation is 2. The lowest BCUT2D eigenvalue weighted by Gasteiger charge is -2.18. The summed E-state index contributed by atoms with van der Waals surface area (Å²) in [5.74, 6) is 0.897. The molecule has 18 heavy (non-hydrogen) atoms. The second-order valence-electron chi connectivity index (χ2n) is 5.63. The van der Waals surface area contributed by atoms with E-state index in [1.807, 2.05) is 32.0 Å². The van der Waals surface area contributed by atoms with Crippen LogP contribution in [0.15, 0.2) is 18.2 Å². The van der Waals surface area contributed by atoms with Crippen LogP contribution in [-0.2, 0) is 0 Å². The minimum atomic E-state index is -0.457. The molecule has 0 radical (unpaired) electrons. The van der Waals surface area contributed by atoms with Gasteiger partial charge in [-0.25, -0.2) is 0 Å². The molecule has 0 saturated heterocycles. The Balaban J connectivity index is 1.79. The Morgan fingerprint density at radius 3 is 2.50 bits per heavy atom. The van der Waals surface area contributed by atoms with E-state index in [0.29, 0.717) is 13.2 Å². The number of hydrogen-bond donors (Lipinski definition) is 2. The Kier molecular flexibility index (Phi) is 3.93.